The minimum absolute atomic E-state index is 0.494. The molecular weight excluding hydrogens is 294 g/mol. The van der Waals surface area contributed by atoms with Crippen molar-refractivity contribution in [3.63, 3.8) is 0 Å². The SMILES string of the molecule is Cc1cc(C)cc(Nc2c(C#N)cnc3ccc(Cl)cc23)c1. The minimum atomic E-state index is 0.494. The topological polar surface area (TPSA) is 48.7 Å². The Bertz CT molecular complexity index is 890. The largest absolute Gasteiger partial charge is 0.354 e. The highest BCUT2D eigenvalue weighted by molar-refractivity contribution is 6.31. The fourth-order valence-electron chi connectivity index (χ4n) is 2.58. The third-order valence-corrected chi connectivity index (χ3v) is 3.68. The number of halogens is 1. The smallest absolute Gasteiger partial charge is 0.103 e. The average Bonchev–Trinajstić information content (AvgIpc) is 2.47. The van der Waals surface area contributed by atoms with E-state index in [4.69, 9.17) is 11.6 Å². The summed E-state index contributed by atoms with van der Waals surface area (Å²) in [7, 11) is 0. The summed E-state index contributed by atoms with van der Waals surface area (Å²) in [5, 5.41) is 14.2. The van der Waals surface area contributed by atoms with Crippen LogP contribution in [0.1, 0.15) is 16.7 Å². The molecule has 2 aromatic carbocycles. The molecule has 3 rings (SSSR count). The van der Waals surface area contributed by atoms with Crippen LogP contribution in [0.4, 0.5) is 11.4 Å². The standard InChI is InChI=1S/C18H14ClN3/c1-11-5-12(2)7-15(6-11)22-18-13(9-20)10-21-17-4-3-14(19)8-16(17)18/h3-8,10H,1-2H3,(H,21,22). The second-order valence-electron chi connectivity index (χ2n) is 5.32. The number of nitriles is 1. The first-order valence-electron chi connectivity index (χ1n) is 6.90. The van der Waals surface area contributed by atoms with Gasteiger partial charge in [-0.2, -0.15) is 5.26 Å². The van der Waals surface area contributed by atoms with Gasteiger partial charge in [-0.15, -0.1) is 0 Å². The van der Waals surface area contributed by atoms with Gasteiger partial charge in [0, 0.05) is 22.3 Å². The van der Waals surface area contributed by atoms with Gasteiger partial charge in [0.15, 0.2) is 0 Å². The van der Waals surface area contributed by atoms with Gasteiger partial charge in [0.25, 0.3) is 0 Å². The lowest BCUT2D eigenvalue weighted by Crippen LogP contribution is -1.97. The van der Waals surface area contributed by atoms with E-state index in [9.17, 15) is 5.26 Å². The number of nitrogens with zero attached hydrogens (tertiary/aromatic N) is 2. The second kappa shape index (κ2) is 5.67. The van der Waals surface area contributed by atoms with Crippen LogP contribution in [0.25, 0.3) is 10.9 Å². The predicted octanol–water partition coefficient (Wildman–Crippen LogP) is 5.12. The summed E-state index contributed by atoms with van der Waals surface area (Å²) < 4.78 is 0. The number of hydrogen-bond donors (Lipinski definition) is 1. The minimum Gasteiger partial charge on any atom is -0.354 e. The van der Waals surface area contributed by atoms with Crippen LogP contribution in [-0.2, 0) is 0 Å². The van der Waals surface area contributed by atoms with Gasteiger partial charge >= 0.3 is 0 Å². The van der Waals surface area contributed by atoms with Crippen LogP contribution >= 0.6 is 11.6 Å². The number of rotatable bonds is 2. The Morgan fingerprint density at radius 1 is 1.09 bits per heavy atom. The van der Waals surface area contributed by atoms with E-state index in [1.54, 1.807) is 12.3 Å². The van der Waals surface area contributed by atoms with Crippen LogP contribution in [0.3, 0.4) is 0 Å². The zero-order chi connectivity index (χ0) is 15.7. The van der Waals surface area contributed by atoms with Gasteiger partial charge in [0.2, 0.25) is 0 Å². The van der Waals surface area contributed by atoms with E-state index in [1.807, 2.05) is 38.1 Å². The molecule has 0 bridgehead atoms. The number of pyridine rings is 1. The number of hydrogen-bond acceptors (Lipinski definition) is 3. The van der Waals surface area contributed by atoms with Gasteiger partial charge in [-0.25, -0.2) is 0 Å². The van der Waals surface area contributed by atoms with Crippen LogP contribution in [0.15, 0.2) is 42.6 Å². The van der Waals surface area contributed by atoms with Gasteiger partial charge < -0.3 is 5.32 Å². The molecule has 0 saturated carbocycles. The molecule has 3 aromatic rings. The molecule has 1 heterocycles. The van der Waals surface area contributed by atoms with Gasteiger partial charge in [0.1, 0.15) is 6.07 Å². The maximum atomic E-state index is 9.37. The molecule has 1 aromatic heterocycles. The maximum absolute atomic E-state index is 9.37. The number of nitrogens with one attached hydrogen (secondary N) is 1. The molecule has 0 unspecified atom stereocenters. The van der Waals surface area contributed by atoms with Crippen molar-refractivity contribution in [2.24, 2.45) is 0 Å². The first kappa shape index (κ1) is 14.4. The summed E-state index contributed by atoms with van der Waals surface area (Å²) in [5.41, 5.74) is 5.31. The van der Waals surface area contributed by atoms with Crippen LogP contribution in [0, 0.1) is 25.2 Å². The van der Waals surface area contributed by atoms with Crippen LogP contribution in [0.5, 0.6) is 0 Å². The summed E-state index contributed by atoms with van der Waals surface area (Å²) >= 11 is 6.10. The van der Waals surface area contributed by atoms with Gasteiger partial charge in [-0.1, -0.05) is 17.7 Å². The van der Waals surface area contributed by atoms with E-state index in [2.05, 4.69) is 22.4 Å². The van der Waals surface area contributed by atoms with Crippen molar-refractivity contribution in [2.75, 3.05) is 5.32 Å². The van der Waals surface area contributed by atoms with Gasteiger partial charge in [-0.05, 0) is 55.3 Å². The fraction of sp³-hybridized carbons (Fsp3) is 0.111. The molecule has 0 atom stereocenters. The summed E-state index contributed by atoms with van der Waals surface area (Å²) in [6, 6.07) is 13.9. The zero-order valence-electron chi connectivity index (χ0n) is 12.3. The van der Waals surface area contributed by atoms with E-state index < -0.39 is 0 Å². The highest BCUT2D eigenvalue weighted by Crippen LogP contribution is 2.31. The molecule has 0 aliphatic carbocycles. The van der Waals surface area contributed by atoms with Gasteiger partial charge in [-0.3, -0.25) is 4.98 Å². The Labute approximate surface area is 134 Å². The number of benzene rings is 2. The number of aromatic nitrogens is 1. The Morgan fingerprint density at radius 3 is 2.50 bits per heavy atom. The van der Waals surface area contributed by atoms with Crippen molar-refractivity contribution in [3.8, 4) is 6.07 Å². The van der Waals surface area contributed by atoms with E-state index >= 15 is 0 Å². The number of fused-ring (bicyclic) bond motifs is 1. The molecule has 1 N–H and O–H groups in total. The Balaban J connectivity index is 2.20. The second-order valence-corrected chi connectivity index (χ2v) is 5.76. The van der Waals surface area contributed by atoms with Crippen molar-refractivity contribution >= 4 is 33.9 Å². The molecule has 0 aliphatic heterocycles. The Hall–Kier alpha value is -2.57. The van der Waals surface area contributed by atoms with E-state index in [0.717, 1.165) is 33.4 Å². The van der Waals surface area contributed by atoms with Crippen molar-refractivity contribution in [1.82, 2.24) is 4.98 Å². The number of aryl methyl sites for hydroxylation is 2. The lowest BCUT2D eigenvalue weighted by molar-refractivity contribution is 1.35. The highest BCUT2D eigenvalue weighted by atomic mass is 35.5. The molecule has 0 radical (unpaired) electrons. The molecule has 3 nitrogen and oxygen atoms in total. The van der Waals surface area contributed by atoms with Gasteiger partial charge in [0.05, 0.1) is 16.8 Å². The molecule has 0 spiro atoms. The summed E-state index contributed by atoms with van der Waals surface area (Å²) in [5.74, 6) is 0. The van der Waals surface area contributed by atoms with Crippen LogP contribution in [-0.4, -0.2) is 4.98 Å². The highest BCUT2D eigenvalue weighted by Gasteiger charge is 2.10. The average molecular weight is 308 g/mol. The van der Waals surface area contributed by atoms with E-state index in [-0.39, 0.29) is 0 Å². The number of anilines is 2. The molecule has 0 saturated heterocycles. The third-order valence-electron chi connectivity index (χ3n) is 3.44. The van der Waals surface area contributed by atoms with E-state index in [1.165, 1.54) is 0 Å². The maximum Gasteiger partial charge on any atom is 0.103 e. The first-order chi connectivity index (χ1) is 10.6. The van der Waals surface area contributed by atoms with Crippen LogP contribution in [0.2, 0.25) is 5.02 Å². The quantitative estimate of drug-likeness (QED) is 0.714. The molecule has 4 heteroatoms. The predicted molar refractivity (Wildman–Crippen MR) is 90.7 cm³/mol. The van der Waals surface area contributed by atoms with Crippen molar-refractivity contribution in [2.45, 2.75) is 13.8 Å². The lowest BCUT2D eigenvalue weighted by Gasteiger charge is -2.13. The normalized spacial score (nSPS) is 10.5. The van der Waals surface area contributed by atoms with E-state index in [0.29, 0.717) is 10.6 Å². The molecule has 22 heavy (non-hydrogen) atoms. The summed E-state index contributed by atoms with van der Waals surface area (Å²) in [6.45, 7) is 4.09. The van der Waals surface area contributed by atoms with Crippen LogP contribution < -0.4 is 5.32 Å². The van der Waals surface area contributed by atoms with Crippen molar-refractivity contribution in [1.29, 1.82) is 5.26 Å². The molecule has 0 fully saturated rings. The molecule has 0 amide bonds. The zero-order valence-corrected chi connectivity index (χ0v) is 13.1. The summed E-state index contributed by atoms with van der Waals surface area (Å²) in [4.78, 5) is 4.31. The Kier molecular flexibility index (Phi) is 3.70. The third kappa shape index (κ3) is 2.74. The van der Waals surface area contributed by atoms with Crippen molar-refractivity contribution in [3.05, 3.63) is 64.3 Å². The van der Waals surface area contributed by atoms with Crippen molar-refractivity contribution < 1.29 is 0 Å². The summed E-state index contributed by atoms with van der Waals surface area (Å²) in [6.07, 6.45) is 1.58. The molecule has 108 valence electrons. The molecular formula is C18H14ClN3. The first-order valence-corrected chi connectivity index (χ1v) is 7.28. The Morgan fingerprint density at radius 2 is 1.82 bits per heavy atom. The fourth-order valence-corrected chi connectivity index (χ4v) is 2.75. The molecule has 0 aliphatic rings. The monoisotopic (exact) mass is 307 g/mol. The lowest BCUT2D eigenvalue weighted by atomic mass is 10.1.